The van der Waals surface area contributed by atoms with Crippen LogP contribution in [0, 0.1) is 93.5 Å². The van der Waals surface area contributed by atoms with Crippen LogP contribution in [-0.2, 0) is 106 Å². The van der Waals surface area contributed by atoms with Crippen molar-refractivity contribution < 1.29 is 155 Å². The first-order valence-corrected chi connectivity index (χ1v) is 41.8. The van der Waals surface area contributed by atoms with Gasteiger partial charge in [-0.25, -0.2) is 74.2 Å². The summed E-state index contributed by atoms with van der Waals surface area (Å²) in [5.74, 6) is -10.9. The molecule has 16 rings (SSSR count). The molecule has 0 unspecified atom stereocenters. The molecule has 0 aliphatic heterocycles. The van der Waals surface area contributed by atoms with Crippen molar-refractivity contribution in [1.82, 2.24) is 59.8 Å². The molecule has 130 heavy (non-hydrogen) atoms. The van der Waals surface area contributed by atoms with E-state index in [4.69, 9.17) is 20.4 Å². The minimum atomic E-state index is -0.990. The van der Waals surface area contributed by atoms with Crippen LogP contribution < -0.4 is 0 Å². The standard InChI is InChI=1S/C20H23F2N2.C19H21F2N2.C18H19F2N2.C17H17F2N2.4C6H5NO2.4Ir/c1-20(10-5-3-2-4-6-11-20)14-15-9-12-23-17(13-15)16-7-8-18(21)24-19(16)22;1-19(9-4-2-3-5-10-19)13-14-8-11-22-16(12-14)15-6-7-17(20)23-18(15)21;1-18(8-3-2-4-9-18)12-13-7-10-21-15(11-13)14-5-6-16(19)22-17(14)20;1-17(7-2-3-8-17)11-12-6-9-20-14(10-12)13-4-5-15(18)21-16(13)19;4*8-6(9)5-3-1-2-4-7-5;;;;/h8-9,12-13H,2-6,10-11,14H2,1H3;7-8,11-12H,2-5,9-10,13H2,1H3;6-7,10-11H,2-4,8-9,12H2,1H3;5-6,9-10H,2-3,7-8,11H2,1H3;4*1-4H,(H,8,9);;;;/q4*-1;;;;;;;;. The average Bonchev–Trinajstić information content (AvgIpc) is 0.938. The second-order valence-electron chi connectivity index (χ2n) is 32.7. The number of nitrogens with zero attached hydrogens (tertiary/aromatic N) is 12. The van der Waals surface area contributed by atoms with Gasteiger partial charge in [0.25, 0.3) is 0 Å². The van der Waals surface area contributed by atoms with E-state index in [9.17, 15) is 54.3 Å². The van der Waals surface area contributed by atoms with Crippen molar-refractivity contribution in [1.29, 1.82) is 0 Å². The van der Waals surface area contributed by atoms with Gasteiger partial charge >= 0.3 is 23.9 Å². The van der Waals surface area contributed by atoms with Gasteiger partial charge in [0.05, 0.1) is 0 Å². The van der Waals surface area contributed by atoms with Crippen LogP contribution in [0.15, 0.2) is 195 Å². The van der Waals surface area contributed by atoms with E-state index in [1.54, 1.807) is 73.3 Å². The molecule has 0 spiro atoms. The van der Waals surface area contributed by atoms with Gasteiger partial charge in [0.2, 0.25) is 0 Å². The average molecular weight is 2490 g/mol. The van der Waals surface area contributed by atoms with Gasteiger partial charge in [-0.15, -0.1) is 24.3 Å². The van der Waals surface area contributed by atoms with Gasteiger partial charge in [-0.3, -0.25) is 19.9 Å². The van der Waals surface area contributed by atoms with Crippen molar-refractivity contribution in [2.45, 2.75) is 195 Å². The molecule has 4 fully saturated rings. The van der Waals surface area contributed by atoms with Gasteiger partial charge in [-0.1, -0.05) is 235 Å². The van der Waals surface area contributed by atoms with Crippen LogP contribution in [-0.4, -0.2) is 104 Å². The molecular weight excluding hydrogens is 2390 g/mol. The molecule has 4 aliphatic carbocycles. The van der Waals surface area contributed by atoms with E-state index < -0.39 is 71.5 Å². The molecule has 20 nitrogen and oxygen atoms in total. The Labute approximate surface area is 806 Å². The zero-order valence-corrected chi connectivity index (χ0v) is 81.6. The summed E-state index contributed by atoms with van der Waals surface area (Å²) < 4.78 is 107. The zero-order chi connectivity index (χ0) is 90.5. The molecule has 12 aromatic heterocycles. The fourth-order valence-electron chi connectivity index (χ4n) is 15.7. The Morgan fingerprint density at radius 2 is 0.462 bits per heavy atom. The molecule has 0 amide bonds. The van der Waals surface area contributed by atoms with Crippen LogP contribution >= 0.6 is 0 Å². The third kappa shape index (κ3) is 37.2. The van der Waals surface area contributed by atoms with Gasteiger partial charge in [-0.2, -0.15) is 0 Å². The van der Waals surface area contributed by atoms with Crippen molar-refractivity contribution in [2.75, 3.05) is 0 Å². The van der Waals surface area contributed by atoms with E-state index in [0.29, 0.717) is 39.0 Å². The first-order chi connectivity index (χ1) is 60.4. The largest absolute Gasteiger partial charge is 0.477 e. The fourth-order valence-corrected chi connectivity index (χ4v) is 15.7. The van der Waals surface area contributed by atoms with Crippen molar-refractivity contribution in [3.8, 4) is 45.0 Å². The molecule has 0 atom stereocenters. The Bertz CT molecular complexity index is 5290. The van der Waals surface area contributed by atoms with Crippen LogP contribution in [0.5, 0.6) is 0 Å². The van der Waals surface area contributed by atoms with Crippen LogP contribution in [0.2, 0.25) is 0 Å². The summed E-state index contributed by atoms with van der Waals surface area (Å²) in [5, 5.41) is 33.3. The minimum Gasteiger partial charge on any atom is -0.477 e. The van der Waals surface area contributed by atoms with Crippen molar-refractivity contribution in [2.24, 2.45) is 21.7 Å². The number of pyridine rings is 12. The van der Waals surface area contributed by atoms with Crippen molar-refractivity contribution in [3.63, 3.8) is 0 Å². The van der Waals surface area contributed by atoms with E-state index in [1.165, 1.54) is 190 Å². The fraction of sp³-hybridized carbons (Fsp3) is 0.347. The zero-order valence-electron chi connectivity index (χ0n) is 72.0. The molecule has 4 aliphatic rings. The summed E-state index contributed by atoms with van der Waals surface area (Å²) in [5.41, 5.74) is 8.39. The molecule has 0 bridgehead atoms. The Balaban J connectivity index is 0.000000270. The summed E-state index contributed by atoms with van der Waals surface area (Å²) in [6.45, 7) is 9.31. The molecule has 0 aromatic carbocycles. The van der Waals surface area contributed by atoms with Crippen LogP contribution in [0.3, 0.4) is 0 Å². The van der Waals surface area contributed by atoms with Gasteiger partial charge in [0.1, 0.15) is 70.4 Å². The van der Waals surface area contributed by atoms with E-state index in [-0.39, 0.29) is 131 Å². The van der Waals surface area contributed by atoms with Gasteiger partial charge in [-0.05, 0) is 194 Å². The summed E-state index contributed by atoms with van der Waals surface area (Å²) in [4.78, 5) is 84.5. The third-order valence-electron chi connectivity index (χ3n) is 22.1. The number of aromatic nitrogens is 12. The summed E-state index contributed by atoms with van der Waals surface area (Å²) >= 11 is 0. The SMILES string of the molecule is CC1(Cc2ccnc(-c3[c-]cc(F)nc3F)c2)CCCC1.CC1(Cc2ccnc(-c3[c-]cc(F)nc3F)c2)CCCCC1.CC1(Cc2ccnc(-c3[c-]cc(F)nc3F)c2)CCCCCC1.CC1(Cc2ccnc(-c3[c-]cc(F)nc3F)c2)CCCCCCC1.O=C(O)c1ccccn1.O=C(O)c1ccccn1.O=C(O)c1ccccn1.O=C(O)c1ccccn1.[Ir].[Ir].[Ir].[Ir]. The molecule has 12 aromatic rings. The normalized spacial score (nSPS) is 14.6. The summed E-state index contributed by atoms with van der Waals surface area (Å²) in [7, 11) is 0. The molecule has 4 saturated carbocycles. The van der Waals surface area contributed by atoms with Crippen LogP contribution in [0.4, 0.5) is 35.1 Å². The maximum absolute atomic E-state index is 13.9. The number of rotatable bonds is 16. The number of aromatic carboxylic acids is 4. The molecule has 0 saturated heterocycles. The number of carboxylic acids is 4. The number of carboxylic acid groups (broad SMARTS) is 4. The molecule has 32 heteroatoms. The second-order valence-corrected chi connectivity index (χ2v) is 32.7. The smallest absolute Gasteiger partial charge is 0.354 e. The second kappa shape index (κ2) is 55.8. The minimum absolute atomic E-state index is 0. The number of hydrogen-bond acceptors (Lipinski definition) is 16. The van der Waals surface area contributed by atoms with E-state index in [1.807, 2.05) is 48.5 Å². The van der Waals surface area contributed by atoms with Gasteiger partial charge in [0.15, 0.2) is 0 Å². The number of hydrogen-bond donors (Lipinski definition) is 4. The first-order valence-electron chi connectivity index (χ1n) is 41.8. The van der Waals surface area contributed by atoms with Crippen LogP contribution in [0.25, 0.3) is 45.0 Å². The monoisotopic (exact) mass is 2500 g/mol. The first kappa shape index (κ1) is 110. The Hall–Kier alpha value is -10.3. The van der Waals surface area contributed by atoms with E-state index >= 15 is 0 Å². The number of carbonyl (C=O) groups is 4. The Morgan fingerprint density at radius 1 is 0.277 bits per heavy atom. The summed E-state index contributed by atoms with van der Waals surface area (Å²) in [6.07, 6.45) is 44.3. The third-order valence-corrected chi connectivity index (χ3v) is 22.1. The van der Waals surface area contributed by atoms with E-state index in [2.05, 4.69) is 112 Å². The topological polar surface area (TPSA) is 304 Å². The maximum Gasteiger partial charge on any atom is 0.354 e. The number of halogens is 8. The predicted molar refractivity (Wildman–Crippen MR) is 458 cm³/mol. The van der Waals surface area contributed by atoms with Crippen molar-refractivity contribution in [3.05, 3.63) is 312 Å². The summed E-state index contributed by atoms with van der Waals surface area (Å²) in [6, 6.07) is 48.9. The quantitative estimate of drug-likeness (QED) is 0.0302. The maximum atomic E-state index is 13.9. The van der Waals surface area contributed by atoms with Gasteiger partial charge < -0.3 is 40.4 Å². The molecule has 4 N–H and O–H groups in total. The van der Waals surface area contributed by atoms with Gasteiger partial charge in [0, 0.05) is 130 Å². The van der Waals surface area contributed by atoms with E-state index in [0.717, 1.165) is 72.2 Å². The van der Waals surface area contributed by atoms with Crippen molar-refractivity contribution >= 4 is 23.9 Å². The Morgan fingerprint density at radius 3 is 0.631 bits per heavy atom. The van der Waals surface area contributed by atoms with Crippen LogP contribution in [0.1, 0.15) is 233 Å². The molecule has 12 heterocycles. The Kier molecular flexibility index (Phi) is 47.3. The molecule has 4 radical (unpaired) electrons. The predicted octanol–water partition coefficient (Wildman–Crippen LogP) is 22.8. The molecular formula is C98H100F8Ir4N12O8-4. The molecule has 696 valence electrons.